The van der Waals surface area contributed by atoms with E-state index in [4.69, 9.17) is 9.72 Å². The highest BCUT2D eigenvalue weighted by Crippen LogP contribution is 2.38. The number of nitrogens with one attached hydrogen (secondary N) is 2. The lowest BCUT2D eigenvalue weighted by Gasteiger charge is -2.39. The van der Waals surface area contributed by atoms with Gasteiger partial charge in [-0.15, -0.1) is 0 Å². The van der Waals surface area contributed by atoms with Crippen LogP contribution in [0.25, 0.3) is 11.0 Å². The van der Waals surface area contributed by atoms with Gasteiger partial charge in [-0.2, -0.15) is 13.2 Å². The van der Waals surface area contributed by atoms with Crippen molar-refractivity contribution in [3.8, 4) is 5.75 Å². The summed E-state index contributed by atoms with van der Waals surface area (Å²) in [5, 5.41) is 14.8. The molecule has 1 aromatic heterocycles. The van der Waals surface area contributed by atoms with Crippen LogP contribution in [0.2, 0.25) is 0 Å². The van der Waals surface area contributed by atoms with Gasteiger partial charge in [0.1, 0.15) is 18.4 Å². The molecule has 1 unspecified atom stereocenters. The topological polar surface area (TPSA) is 170 Å². The number of carbonyl (C=O) groups excluding carboxylic acids is 5. The molecule has 4 fully saturated rings. The molecule has 3 N–H and O–H groups in total. The fraction of sp³-hybridized carbons (Fsp3) is 0.500. The predicted octanol–water partition coefficient (Wildman–Crippen LogP) is 5.34. The van der Waals surface area contributed by atoms with E-state index in [9.17, 15) is 42.3 Å². The number of fused-ring (bicyclic) bond motifs is 2. The number of benzene rings is 3. The number of piperazine rings is 1. The molecule has 5 aliphatic rings. The summed E-state index contributed by atoms with van der Waals surface area (Å²) in [6.07, 6.45) is 0.994. The molecular weight excluding hydrogens is 858 g/mol. The number of halogens is 3. The van der Waals surface area contributed by atoms with E-state index >= 15 is 0 Å². The van der Waals surface area contributed by atoms with Gasteiger partial charge in [0.15, 0.2) is 0 Å². The minimum atomic E-state index is -4.57. The van der Waals surface area contributed by atoms with Crippen molar-refractivity contribution in [2.45, 2.75) is 76.2 Å². The third kappa shape index (κ3) is 9.87. The van der Waals surface area contributed by atoms with Crippen molar-refractivity contribution >= 4 is 46.5 Å². The lowest BCUT2D eigenvalue weighted by molar-refractivity contribution is -0.138. The van der Waals surface area contributed by atoms with E-state index in [1.807, 2.05) is 16.7 Å². The van der Waals surface area contributed by atoms with Gasteiger partial charge in [0.2, 0.25) is 17.8 Å². The lowest BCUT2D eigenvalue weighted by atomic mass is 9.86. The zero-order valence-corrected chi connectivity index (χ0v) is 36.7. The van der Waals surface area contributed by atoms with Gasteiger partial charge < -0.3 is 19.3 Å². The number of aliphatic hydroxyl groups is 1. The Morgan fingerprint density at radius 3 is 2.27 bits per heavy atom. The highest BCUT2D eigenvalue weighted by atomic mass is 19.4. The van der Waals surface area contributed by atoms with Gasteiger partial charge in [-0.1, -0.05) is 12.1 Å². The second-order valence-corrected chi connectivity index (χ2v) is 18.4. The molecule has 0 spiro atoms. The first-order chi connectivity index (χ1) is 31.8. The van der Waals surface area contributed by atoms with Crippen LogP contribution < -0.4 is 15.4 Å². The van der Waals surface area contributed by atoms with Crippen LogP contribution in [0.5, 0.6) is 5.75 Å². The normalized spacial score (nSPS) is 22.8. The van der Waals surface area contributed by atoms with Gasteiger partial charge in [0.25, 0.3) is 17.7 Å². The number of hydrogen-bond donors (Lipinski definition) is 3. The van der Waals surface area contributed by atoms with E-state index in [2.05, 4.69) is 31.4 Å². The molecule has 5 amide bonds. The number of aliphatic hydroxyl groups excluding tert-OH is 1. The minimum Gasteiger partial charge on any atom is -0.492 e. The van der Waals surface area contributed by atoms with Crippen molar-refractivity contribution in [2.24, 2.45) is 11.8 Å². The summed E-state index contributed by atoms with van der Waals surface area (Å²) < 4.78 is 48.4. The summed E-state index contributed by atoms with van der Waals surface area (Å²) in [7, 11) is 0. The van der Waals surface area contributed by atoms with E-state index in [1.165, 1.54) is 12.1 Å². The second kappa shape index (κ2) is 19.3. The minimum absolute atomic E-state index is 0.0176. The third-order valence-corrected chi connectivity index (χ3v) is 14.1. The number of hydrogen-bond acceptors (Lipinski definition) is 11. The smallest absolute Gasteiger partial charge is 0.416 e. The lowest BCUT2D eigenvalue weighted by Crippen LogP contribution is -2.54. The summed E-state index contributed by atoms with van der Waals surface area (Å²) in [5.74, 6) is -1.21. The van der Waals surface area contributed by atoms with Gasteiger partial charge in [0, 0.05) is 70.4 Å². The number of piperidine rings is 2. The van der Waals surface area contributed by atoms with Crippen LogP contribution in [-0.4, -0.2) is 135 Å². The fourth-order valence-electron chi connectivity index (χ4n) is 10.3. The average molecular weight is 913 g/mol. The van der Waals surface area contributed by atoms with Gasteiger partial charge in [-0.05, 0) is 124 Å². The molecular formula is C48H55F3N8O7. The van der Waals surface area contributed by atoms with E-state index in [1.54, 1.807) is 18.2 Å². The first-order valence-corrected chi connectivity index (χ1v) is 23.1. The quantitative estimate of drug-likeness (QED) is 0.148. The highest BCUT2D eigenvalue weighted by molar-refractivity contribution is 6.23. The number of carbonyl (C=O) groups is 5. The molecule has 350 valence electrons. The average Bonchev–Trinajstić information content (AvgIpc) is 3.79. The summed E-state index contributed by atoms with van der Waals surface area (Å²) in [6, 6.07) is 14.4. The fourth-order valence-corrected chi connectivity index (χ4v) is 10.3. The number of imidazole rings is 1. The maximum absolute atomic E-state index is 13.5. The molecule has 66 heavy (non-hydrogen) atoms. The Morgan fingerprint density at radius 2 is 1.55 bits per heavy atom. The largest absolute Gasteiger partial charge is 0.492 e. The van der Waals surface area contributed by atoms with Crippen LogP contribution in [-0.2, 0) is 22.3 Å². The number of aromatic nitrogens is 2. The molecule has 0 radical (unpaired) electrons. The van der Waals surface area contributed by atoms with Crippen molar-refractivity contribution < 1.29 is 47.0 Å². The number of amides is 5. The van der Waals surface area contributed by atoms with Gasteiger partial charge in [-0.25, -0.2) is 4.98 Å². The van der Waals surface area contributed by atoms with E-state index in [0.717, 1.165) is 126 Å². The first-order valence-electron chi connectivity index (χ1n) is 23.1. The van der Waals surface area contributed by atoms with Crippen molar-refractivity contribution in [2.75, 3.05) is 70.9 Å². The van der Waals surface area contributed by atoms with Crippen LogP contribution in [0, 0.1) is 11.8 Å². The second-order valence-electron chi connectivity index (χ2n) is 18.4. The third-order valence-electron chi connectivity index (χ3n) is 14.1. The first kappa shape index (κ1) is 45.5. The summed E-state index contributed by atoms with van der Waals surface area (Å²) in [6.45, 7) is 8.77. The number of imide groups is 2. The predicted molar refractivity (Wildman–Crippen MR) is 237 cm³/mol. The van der Waals surface area contributed by atoms with Crippen molar-refractivity contribution in [3.05, 3.63) is 88.5 Å². The monoisotopic (exact) mass is 912 g/mol. The highest BCUT2D eigenvalue weighted by Gasteiger charge is 2.45. The maximum Gasteiger partial charge on any atom is 0.416 e. The van der Waals surface area contributed by atoms with Gasteiger partial charge in [0.05, 0.1) is 27.7 Å². The van der Waals surface area contributed by atoms with Crippen LogP contribution in [0.1, 0.15) is 99.6 Å². The molecule has 3 saturated heterocycles. The van der Waals surface area contributed by atoms with Crippen molar-refractivity contribution in [1.82, 2.24) is 34.5 Å². The number of rotatable bonds is 13. The molecule has 4 aromatic rings. The number of alkyl halides is 3. The van der Waals surface area contributed by atoms with Crippen molar-refractivity contribution in [1.29, 1.82) is 0 Å². The molecule has 9 rings (SSSR count). The Hall–Kier alpha value is -5.69. The Labute approximate surface area is 380 Å². The Morgan fingerprint density at radius 1 is 0.803 bits per heavy atom. The Balaban J connectivity index is 0.738. The molecule has 4 aliphatic heterocycles. The number of ether oxygens (including phenoxy) is 1. The van der Waals surface area contributed by atoms with Crippen LogP contribution >= 0.6 is 0 Å². The summed E-state index contributed by atoms with van der Waals surface area (Å²) in [5.41, 5.74) is 2.09. The zero-order valence-electron chi connectivity index (χ0n) is 36.7. The molecule has 1 atom stereocenters. The van der Waals surface area contributed by atoms with Crippen LogP contribution in [0.4, 0.5) is 19.1 Å². The SMILES string of the molecule is O=C1CCC(N2C(=O)c3ccc(OCCN4CCC(CN5CCN(Cc6ccc7c(c6)nc(NC(=O)c6cccc(C(F)(F)F)c6)n7[C@H]6CC[C@@H](CO)CC6)CC5)CC4)cc3C2=O)C(=O)N1. The van der Waals surface area contributed by atoms with E-state index < -0.39 is 47.3 Å². The molecule has 18 heteroatoms. The molecule has 1 aliphatic carbocycles. The molecule has 15 nitrogen and oxygen atoms in total. The molecule has 0 bridgehead atoms. The summed E-state index contributed by atoms with van der Waals surface area (Å²) in [4.78, 5) is 76.7. The number of nitrogens with zero attached hydrogens (tertiary/aromatic N) is 6. The number of likely N-dealkylation sites (tertiary alicyclic amines) is 1. The number of anilines is 1. The van der Waals surface area contributed by atoms with Crippen LogP contribution in [0.15, 0.2) is 60.7 Å². The maximum atomic E-state index is 13.5. The van der Waals surface area contributed by atoms with Gasteiger partial charge in [-0.3, -0.25) is 49.3 Å². The molecule has 1 saturated carbocycles. The Kier molecular flexibility index (Phi) is 13.3. The molecule has 5 heterocycles. The van der Waals surface area contributed by atoms with Crippen molar-refractivity contribution in [3.63, 3.8) is 0 Å². The van der Waals surface area contributed by atoms with E-state index in [0.29, 0.717) is 29.7 Å². The Bertz CT molecular complexity index is 2490. The molecule has 3 aromatic carbocycles. The zero-order chi connectivity index (χ0) is 46.1. The summed E-state index contributed by atoms with van der Waals surface area (Å²) >= 11 is 0. The van der Waals surface area contributed by atoms with E-state index in [-0.39, 0.29) is 48.1 Å². The van der Waals surface area contributed by atoms with Crippen LogP contribution in [0.3, 0.4) is 0 Å². The van der Waals surface area contributed by atoms with Gasteiger partial charge >= 0.3 is 6.18 Å². The standard InChI is InChI=1S/C48H55F3N8O7/c49-48(50,51)34-3-1-2-33(25-34)43(62)54-47-52-39-24-32(6-11-40(39)58(47)35-7-4-31(29-60)5-8-35)28-57-20-18-56(19-21-57)27-30-14-16-55(17-15-30)22-23-66-36-9-10-37-38(26-36)46(65)59(45(37)64)41-12-13-42(61)53-44(41)63/h1-3,6,9-11,24-26,30-31,35,41,60H,4-5,7-8,12-23,27-29H2,(H,52,54,62)(H,53,61,63)/t31-,35+,41?.